The maximum absolute atomic E-state index is 12.0. The molecule has 126 valence electrons. The molecule has 1 amide bonds. The number of imidazole rings is 1. The van der Waals surface area contributed by atoms with Crippen LogP contribution in [0, 0.1) is 10.1 Å². The molecule has 1 heterocycles. The first-order valence-electron chi connectivity index (χ1n) is 6.71. The summed E-state index contributed by atoms with van der Waals surface area (Å²) in [6.07, 6.45) is 0.508. The number of carbonyl (C=O) groups is 3. The largest absolute Gasteiger partial charge is 0.466 e. The molecule has 2 N–H and O–H groups in total. The SMILES string of the molecule is CCOC(=O)C[C@@H](NC(=O)c1nc[nH]c1[N+](=O)[O-])C(=O)OCC. The van der Waals surface area contributed by atoms with Crippen LogP contribution in [0.5, 0.6) is 0 Å². The van der Waals surface area contributed by atoms with Crippen LogP contribution in [0.15, 0.2) is 6.33 Å². The number of aromatic nitrogens is 2. The number of nitro groups is 1. The van der Waals surface area contributed by atoms with Crippen LogP contribution < -0.4 is 5.32 Å². The molecule has 0 aliphatic heterocycles. The van der Waals surface area contributed by atoms with Crippen molar-refractivity contribution < 1.29 is 28.8 Å². The van der Waals surface area contributed by atoms with Crippen molar-refractivity contribution >= 4 is 23.7 Å². The molecule has 0 fully saturated rings. The standard InChI is InChI=1S/C12H16N4O7/c1-3-22-8(17)5-7(12(19)23-4-2)15-11(18)9-10(16(20)21)14-6-13-9/h6-7H,3-5H2,1-2H3,(H,13,14)(H,15,18)/t7-/m1/s1. The van der Waals surface area contributed by atoms with E-state index in [1.54, 1.807) is 13.8 Å². The quantitative estimate of drug-likeness (QED) is 0.382. The topological polar surface area (TPSA) is 154 Å². The van der Waals surface area contributed by atoms with Gasteiger partial charge in [-0.25, -0.2) is 14.8 Å². The van der Waals surface area contributed by atoms with Gasteiger partial charge in [-0.05, 0) is 18.8 Å². The molecule has 0 saturated heterocycles. The Labute approximate surface area is 130 Å². The predicted molar refractivity (Wildman–Crippen MR) is 74.4 cm³/mol. The minimum Gasteiger partial charge on any atom is -0.466 e. The number of amides is 1. The summed E-state index contributed by atoms with van der Waals surface area (Å²) in [6, 6.07) is -1.34. The Bertz CT molecular complexity index is 598. The van der Waals surface area contributed by atoms with E-state index in [4.69, 9.17) is 9.47 Å². The molecule has 11 heteroatoms. The molecule has 0 aliphatic rings. The summed E-state index contributed by atoms with van der Waals surface area (Å²) < 4.78 is 9.46. The van der Waals surface area contributed by atoms with E-state index in [9.17, 15) is 24.5 Å². The normalized spacial score (nSPS) is 11.4. The van der Waals surface area contributed by atoms with Crippen LogP contribution in [0.2, 0.25) is 0 Å². The summed E-state index contributed by atoms with van der Waals surface area (Å²) in [5, 5.41) is 12.9. The number of esters is 2. The van der Waals surface area contributed by atoms with E-state index in [0.29, 0.717) is 0 Å². The van der Waals surface area contributed by atoms with Gasteiger partial charge in [0.1, 0.15) is 6.04 Å². The van der Waals surface area contributed by atoms with E-state index in [1.807, 2.05) is 0 Å². The van der Waals surface area contributed by atoms with Crippen LogP contribution in [0.1, 0.15) is 30.8 Å². The highest BCUT2D eigenvalue weighted by molar-refractivity contribution is 5.98. The molecular formula is C12H16N4O7. The van der Waals surface area contributed by atoms with Crippen LogP contribution in [-0.2, 0) is 19.1 Å². The lowest BCUT2D eigenvalue weighted by molar-refractivity contribution is -0.389. The first kappa shape index (κ1) is 18.1. The molecule has 0 aromatic carbocycles. The zero-order valence-corrected chi connectivity index (χ0v) is 12.5. The van der Waals surface area contributed by atoms with Crippen molar-refractivity contribution in [1.29, 1.82) is 0 Å². The highest BCUT2D eigenvalue weighted by atomic mass is 16.6. The number of hydrogen-bond donors (Lipinski definition) is 2. The van der Waals surface area contributed by atoms with Crippen molar-refractivity contribution in [2.75, 3.05) is 13.2 Å². The van der Waals surface area contributed by atoms with E-state index in [1.165, 1.54) is 0 Å². The van der Waals surface area contributed by atoms with E-state index >= 15 is 0 Å². The zero-order valence-electron chi connectivity index (χ0n) is 12.5. The fraction of sp³-hybridized carbons (Fsp3) is 0.500. The van der Waals surface area contributed by atoms with Crippen molar-refractivity contribution in [2.45, 2.75) is 26.3 Å². The van der Waals surface area contributed by atoms with Crippen molar-refractivity contribution in [3.63, 3.8) is 0 Å². The Morgan fingerprint density at radius 2 is 2.00 bits per heavy atom. The number of hydrogen-bond acceptors (Lipinski definition) is 8. The van der Waals surface area contributed by atoms with Crippen LogP contribution in [0.25, 0.3) is 0 Å². The van der Waals surface area contributed by atoms with Gasteiger partial charge in [-0.15, -0.1) is 0 Å². The lowest BCUT2D eigenvalue weighted by Crippen LogP contribution is -2.43. The van der Waals surface area contributed by atoms with Gasteiger partial charge in [0.15, 0.2) is 6.33 Å². The second-order valence-electron chi connectivity index (χ2n) is 4.14. The van der Waals surface area contributed by atoms with Crippen molar-refractivity contribution in [3.05, 3.63) is 22.1 Å². The fourth-order valence-electron chi connectivity index (χ4n) is 1.64. The van der Waals surface area contributed by atoms with Crippen LogP contribution in [0.4, 0.5) is 5.82 Å². The van der Waals surface area contributed by atoms with Gasteiger partial charge < -0.3 is 24.9 Å². The molecule has 0 aliphatic carbocycles. The van der Waals surface area contributed by atoms with E-state index in [2.05, 4.69) is 15.3 Å². The van der Waals surface area contributed by atoms with Gasteiger partial charge in [0.2, 0.25) is 5.69 Å². The summed E-state index contributed by atoms with van der Waals surface area (Å²) in [5.74, 6) is -3.18. The van der Waals surface area contributed by atoms with E-state index in [-0.39, 0.29) is 13.2 Å². The average molecular weight is 328 g/mol. The lowest BCUT2D eigenvalue weighted by atomic mass is 10.2. The number of aromatic amines is 1. The van der Waals surface area contributed by atoms with Crippen LogP contribution >= 0.6 is 0 Å². The predicted octanol–water partition coefficient (Wildman–Crippen LogP) is -0.0674. The molecule has 23 heavy (non-hydrogen) atoms. The summed E-state index contributed by atoms with van der Waals surface area (Å²) in [5.41, 5.74) is -0.506. The summed E-state index contributed by atoms with van der Waals surface area (Å²) in [4.78, 5) is 51.0. The van der Waals surface area contributed by atoms with Crippen LogP contribution in [0.3, 0.4) is 0 Å². The smallest absolute Gasteiger partial charge is 0.353 e. The first-order chi connectivity index (χ1) is 10.9. The molecule has 0 bridgehead atoms. The average Bonchev–Trinajstić information content (AvgIpc) is 2.96. The third-order valence-electron chi connectivity index (χ3n) is 2.57. The molecule has 1 aromatic rings. The summed E-state index contributed by atoms with van der Waals surface area (Å²) in [6.45, 7) is 3.28. The fourth-order valence-corrected chi connectivity index (χ4v) is 1.64. The van der Waals surface area contributed by atoms with Gasteiger partial charge in [0, 0.05) is 0 Å². The Hall–Kier alpha value is -2.98. The maximum atomic E-state index is 12.0. The van der Waals surface area contributed by atoms with Gasteiger partial charge in [0.25, 0.3) is 5.91 Å². The molecule has 1 aromatic heterocycles. The summed E-state index contributed by atoms with van der Waals surface area (Å²) in [7, 11) is 0. The van der Waals surface area contributed by atoms with Crippen molar-refractivity contribution in [2.24, 2.45) is 0 Å². The molecule has 1 atom stereocenters. The maximum Gasteiger partial charge on any atom is 0.353 e. The Morgan fingerprint density at radius 1 is 1.35 bits per heavy atom. The molecule has 0 unspecified atom stereocenters. The number of rotatable bonds is 8. The number of nitrogens with one attached hydrogen (secondary N) is 2. The summed E-state index contributed by atoms with van der Waals surface area (Å²) >= 11 is 0. The zero-order chi connectivity index (χ0) is 17.4. The van der Waals surface area contributed by atoms with Gasteiger partial charge in [-0.3, -0.25) is 9.59 Å². The number of ether oxygens (including phenoxy) is 2. The Kier molecular flexibility index (Phi) is 6.65. The first-order valence-corrected chi connectivity index (χ1v) is 6.71. The minimum atomic E-state index is -1.34. The van der Waals surface area contributed by atoms with Crippen LogP contribution in [-0.4, -0.2) is 52.0 Å². The van der Waals surface area contributed by atoms with Gasteiger partial charge in [0.05, 0.1) is 19.6 Å². The highest BCUT2D eigenvalue weighted by Gasteiger charge is 2.30. The second kappa shape index (κ2) is 8.46. The van der Waals surface area contributed by atoms with E-state index in [0.717, 1.165) is 6.33 Å². The van der Waals surface area contributed by atoms with Crippen molar-refractivity contribution in [1.82, 2.24) is 15.3 Å². The number of H-pyrrole nitrogens is 1. The molecule has 11 nitrogen and oxygen atoms in total. The van der Waals surface area contributed by atoms with Gasteiger partial charge in [-0.2, -0.15) is 0 Å². The lowest BCUT2D eigenvalue weighted by Gasteiger charge is -2.15. The molecule has 0 saturated carbocycles. The third kappa shape index (κ3) is 5.05. The van der Waals surface area contributed by atoms with Gasteiger partial charge in [-0.1, -0.05) is 0 Å². The second-order valence-corrected chi connectivity index (χ2v) is 4.14. The van der Waals surface area contributed by atoms with Gasteiger partial charge >= 0.3 is 17.8 Å². The number of carbonyl (C=O) groups excluding carboxylic acids is 3. The molecular weight excluding hydrogens is 312 g/mol. The monoisotopic (exact) mass is 328 g/mol. The molecule has 0 spiro atoms. The Morgan fingerprint density at radius 3 is 2.57 bits per heavy atom. The molecule has 1 rings (SSSR count). The Balaban J connectivity index is 2.88. The highest BCUT2D eigenvalue weighted by Crippen LogP contribution is 2.12. The minimum absolute atomic E-state index is 0.0383. The van der Waals surface area contributed by atoms with E-state index < -0.39 is 46.7 Å². The van der Waals surface area contributed by atoms with Crippen molar-refractivity contribution in [3.8, 4) is 0 Å². The third-order valence-corrected chi connectivity index (χ3v) is 2.57. The molecule has 0 radical (unpaired) electrons. The number of nitrogens with zero attached hydrogens (tertiary/aromatic N) is 2.